The van der Waals surface area contributed by atoms with Gasteiger partial charge in [0.15, 0.2) is 5.96 Å². The SMILES string of the molecule is CN=C(NCc1cccc(CN(C)C)c1)NCC(c1ccc(OC)cc1)N1CCCC1. The molecule has 1 heterocycles. The molecule has 1 saturated heterocycles. The topological polar surface area (TPSA) is 52.1 Å². The maximum Gasteiger partial charge on any atom is 0.191 e. The van der Waals surface area contributed by atoms with Crippen LogP contribution in [0.2, 0.25) is 0 Å². The Kier molecular flexibility index (Phi) is 8.74. The number of nitrogens with zero attached hydrogens (tertiary/aromatic N) is 3. The van der Waals surface area contributed by atoms with Gasteiger partial charge in [0, 0.05) is 26.7 Å². The third-order valence-electron chi connectivity index (χ3n) is 5.72. The molecule has 0 amide bonds. The summed E-state index contributed by atoms with van der Waals surface area (Å²) in [5.41, 5.74) is 3.89. The molecule has 0 radical (unpaired) electrons. The number of guanidine groups is 1. The van der Waals surface area contributed by atoms with Crippen molar-refractivity contribution in [2.45, 2.75) is 32.0 Å². The van der Waals surface area contributed by atoms with E-state index in [0.717, 1.165) is 44.4 Å². The zero-order valence-electron chi connectivity index (χ0n) is 19.4. The largest absolute Gasteiger partial charge is 0.497 e. The number of hydrogen-bond donors (Lipinski definition) is 2. The Balaban J connectivity index is 1.60. The lowest BCUT2D eigenvalue weighted by atomic mass is 10.1. The minimum absolute atomic E-state index is 0.315. The van der Waals surface area contributed by atoms with Crippen molar-refractivity contribution in [3.8, 4) is 5.75 Å². The molecule has 0 aliphatic carbocycles. The van der Waals surface area contributed by atoms with E-state index in [1.54, 1.807) is 7.11 Å². The quantitative estimate of drug-likeness (QED) is 0.479. The second kappa shape index (κ2) is 11.7. The number of rotatable bonds is 9. The van der Waals surface area contributed by atoms with Gasteiger partial charge in [0.05, 0.1) is 13.2 Å². The Morgan fingerprint density at radius 1 is 1.06 bits per heavy atom. The summed E-state index contributed by atoms with van der Waals surface area (Å²) in [6, 6.07) is 17.5. The molecule has 1 fully saturated rings. The molecule has 1 aliphatic rings. The van der Waals surface area contributed by atoms with Crippen molar-refractivity contribution in [3.63, 3.8) is 0 Å². The van der Waals surface area contributed by atoms with Crippen LogP contribution in [0.5, 0.6) is 5.75 Å². The average Bonchev–Trinajstić information content (AvgIpc) is 3.31. The summed E-state index contributed by atoms with van der Waals surface area (Å²) in [6.45, 7) is 4.79. The fourth-order valence-electron chi connectivity index (χ4n) is 4.14. The van der Waals surface area contributed by atoms with Crippen molar-refractivity contribution >= 4 is 5.96 Å². The van der Waals surface area contributed by atoms with Gasteiger partial charge in [-0.2, -0.15) is 0 Å². The number of ether oxygens (including phenoxy) is 1. The van der Waals surface area contributed by atoms with Crippen molar-refractivity contribution in [3.05, 3.63) is 65.2 Å². The Hall–Kier alpha value is -2.57. The lowest BCUT2D eigenvalue weighted by molar-refractivity contribution is 0.245. The van der Waals surface area contributed by atoms with E-state index >= 15 is 0 Å². The summed E-state index contributed by atoms with van der Waals surface area (Å²) in [5.74, 6) is 1.72. The highest BCUT2D eigenvalue weighted by Gasteiger charge is 2.23. The van der Waals surface area contributed by atoms with Crippen LogP contribution in [-0.4, -0.2) is 63.6 Å². The standard InChI is InChI=1S/C25H37N5O/c1-26-25(27-17-20-8-7-9-21(16-20)19-29(2)3)28-18-24(30-14-5-6-15-30)22-10-12-23(31-4)13-11-22/h7-13,16,24H,5-6,14-15,17-19H2,1-4H3,(H2,26,27,28). The fourth-order valence-corrected chi connectivity index (χ4v) is 4.14. The van der Waals surface area contributed by atoms with E-state index in [0.29, 0.717) is 6.04 Å². The molecule has 0 saturated carbocycles. The number of benzene rings is 2. The van der Waals surface area contributed by atoms with E-state index in [9.17, 15) is 0 Å². The van der Waals surface area contributed by atoms with Gasteiger partial charge in [0.2, 0.25) is 0 Å². The van der Waals surface area contributed by atoms with E-state index < -0.39 is 0 Å². The molecule has 168 valence electrons. The van der Waals surface area contributed by atoms with Crippen molar-refractivity contribution in [2.75, 3.05) is 47.9 Å². The number of nitrogens with one attached hydrogen (secondary N) is 2. The minimum atomic E-state index is 0.315. The highest BCUT2D eigenvalue weighted by molar-refractivity contribution is 5.79. The zero-order chi connectivity index (χ0) is 22.1. The Bertz CT molecular complexity index is 828. The summed E-state index contributed by atoms with van der Waals surface area (Å²) in [6.07, 6.45) is 2.53. The van der Waals surface area contributed by atoms with E-state index in [1.165, 1.54) is 29.5 Å². The van der Waals surface area contributed by atoms with Gasteiger partial charge >= 0.3 is 0 Å². The number of hydrogen-bond acceptors (Lipinski definition) is 4. The highest BCUT2D eigenvalue weighted by Crippen LogP contribution is 2.26. The number of aliphatic imine (C=N–C) groups is 1. The lowest BCUT2D eigenvalue weighted by Gasteiger charge is -2.29. The van der Waals surface area contributed by atoms with Crippen LogP contribution in [0.3, 0.4) is 0 Å². The molecule has 31 heavy (non-hydrogen) atoms. The van der Waals surface area contributed by atoms with Gasteiger partial charge in [-0.15, -0.1) is 0 Å². The van der Waals surface area contributed by atoms with Crippen molar-refractivity contribution in [2.24, 2.45) is 4.99 Å². The first-order valence-corrected chi connectivity index (χ1v) is 11.1. The van der Waals surface area contributed by atoms with Crippen LogP contribution in [0.25, 0.3) is 0 Å². The average molecular weight is 424 g/mol. The van der Waals surface area contributed by atoms with Crippen LogP contribution >= 0.6 is 0 Å². The normalized spacial score (nSPS) is 15.8. The van der Waals surface area contributed by atoms with Crippen LogP contribution in [0.15, 0.2) is 53.5 Å². The molecule has 0 aromatic heterocycles. The van der Waals surface area contributed by atoms with Gasteiger partial charge < -0.3 is 20.3 Å². The summed E-state index contributed by atoms with van der Waals surface area (Å²) >= 11 is 0. The molecular weight excluding hydrogens is 386 g/mol. The molecule has 0 spiro atoms. The van der Waals surface area contributed by atoms with Gasteiger partial charge in [0.1, 0.15) is 5.75 Å². The molecule has 3 rings (SSSR count). The third-order valence-corrected chi connectivity index (χ3v) is 5.72. The molecule has 1 aliphatic heterocycles. The van der Waals surface area contributed by atoms with Gasteiger partial charge in [-0.05, 0) is 68.8 Å². The van der Waals surface area contributed by atoms with Crippen LogP contribution in [0.1, 0.15) is 35.6 Å². The minimum Gasteiger partial charge on any atom is -0.497 e. The van der Waals surface area contributed by atoms with E-state index in [1.807, 2.05) is 19.2 Å². The van der Waals surface area contributed by atoms with Crippen LogP contribution in [0, 0.1) is 0 Å². The second-order valence-corrected chi connectivity index (χ2v) is 8.40. The van der Waals surface area contributed by atoms with Crippen LogP contribution in [0.4, 0.5) is 0 Å². The van der Waals surface area contributed by atoms with Gasteiger partial charge in [0.25, 0.3) is 0 Å². The summed E-state index contributed by atoms with van der Waals surface area (Å²) in [4.78, 5) is 9.19. The van der Waals surface area contributed by atoms with Crippen LogP contribution < -0.4 is 15.4 Å². The molecule has 2 aromatic carbocycles. The summed E-state index contributed by atoms with van der Waals surface area (Å²) in [7, 11) is 7.73. The smallest absolute Gasteiger partial charge is 0.191 e. The van der Waals surface area contributed by atoms with E-state index in [2.05, 4.69) is 75.9 Å². The zero-order valence-corrected chi connectivity index (χ0v) is 19.4. The predicted molar refractivity (Wildman–Crippen MR) is 129 cm³/mol. The third kappa shape index (κ3) is 6.97. The summed E-state index contributed by atoms with van der Waals surface area (Å²) < 4.78 is 5.33. The first-order chi connectivity index (χ1) is 15.1. The van der Waals surface area contributed by atoms with Crippen molar-refractivity contribution in [1.82, 2.24) is 20.4 Å². The lowest BCUT2D eigenvalue weighted by Crippen LogP contribution is -2.42. The molecule has 0 bridgehead atoms. The molecule has 1 atom stereocenters. The molecular formula is C25H37N5O. The summed E-state index contributed by atoms with van der Waals surface area (Å²) in [5, 5.41) is 7.02. The Morgan fingerprint density at radius 2 is 1.77 bits per heavy atom. The maximum absolute atomic E-state index is 5.33. The molecule has 1 unspecified atom stereocenters. The highest BCUT2D eigenvalue weighted by atomic mass is 16.5. The fraction of sp³-hybridized carbons (Fsp3) is 0.480. The second-order valence-electron chi connectivity index (χ2n) is 8.40. The first-order valence-electron chi connectivity index (χ1n) is 11.1. The van der Waals surface area contributed by atoms with Gasteiger partial charge in [-0.25, -0.2) is 0 Å². The molecule has 2 aromatic rings. The van der Waals surface area contributed by atoms with Crippen molar-refractivity contribution in [1.29, 1.82) is 0 Å². The van der Waals surface area contributed by atoms with Gasteiger partial charge in [-0.1, -0.05) is 36.4 Å². The van der Waals surface area contributed by atoms with E-state index in [4.69, 9.17) is 4.74 Å². The Labute approximate surface area is 187 Å². The van der Waals surface area contributed by atoms with E-state index in [-0.39, 0.29) is 0 Å². The number of methoxy groups -OCH3 is 1. The Morgan fingerprint density at radius 3 is 2.42 bits per heavy atom. The molecule has 6 nitrogen and oxygen atoms in total. The molecule has 2 N–H and O–H groups in total. The monoisotopic (exact) mass is 423 g/mol. The van der Waals surface area contributed by atoms with Gasteiger partial charge in [-0.3, -0.25) is 9.89 Å². The maximum atomic E-state index is 5.33. The van der Waals surface area contributed by atoms with Crippen LogP contribution in [-0.2, 0) is 13.1 Å². The first kappa shape index (κ1) is 23.1. The van der Waals surface area contributed by atoms with Crippen molar-refractivity contribution < 1.29 is 4.74 Å². The predicted octanol–water partition coefficient (Wildman–Crippen LogP) is 3.26. The molecule has 6 heteroatoms. The number of likely N-dealkylation sites (tertiary alicyclic amines) is 1.